The van der Waals surface area contributed by atoms with Crippen LogP contribution in [0.1, 0.15) is 76.6 Å². The van der Waals surface area contributed by atoms with Crippen LogP contribution in [0.4, 0.5) is 0 Å². The number of hydrogen-bond donors (Lipinski definition) is 2. The standard InChI is InChI=1S/C18H28N2O2/c1-5-7-15(19)13-8-9-17-14(10-13)16(20-12(3)21)11-18(4,6-2)22-17/h8-10,15-16H,5-7,11,19H2,1-4H3,(H,20,21). The van der Waals surface area contributed by atoms with Crippen LogP contribution in [0, 0.1) is 0 Å². The summed E-state index contributed by atoms with van der Waals surface area (Å²) in [6.45, 7) is 7.90. The summed E-state index contributed by atoms with van der Waals surface area (Å²) in [7, 11) is 0. The molecule has 1 amide bonds. The SMILES string of the molecule is CCCC(N)c1ccc2c(c1)C(NC(C)=O)CC(C)(CC)O2. The normalized spacial score (nSPS) is 25.0. The smallest absolute Gasteiger partial charge is 0.217 e. The number of carbonyl (C=O) groups is 1. The highest BCUT2D eigenvalue weighted by atomic mass is 16.5. The van der Waals surface area contributed by atoms with Gasteiger partial charge in [-0.2, -0.15) is 0 Å². The van der Waals surface area contributed by atoms with E-state index in [-0.39, 0.29) is 23.6 Å². The lowest BCUT2D eigenvalue weighted by atomic mass is 9.85. The van der Waals surface area contributed by atoms with E-state index in [0.717, 1.165) is 42.6 Å². The average Bonchev–Trinajstić information content (AvgIpc) is 2.46. The van der Waals surface area contributed by atoms with Gasteiger partial charge in [-0.25, -0.2) is 0 Å². The van der Waals surface area contributed by atoms with E-state index in [4.69, 9.17) is 10.5 Å². The van der Waals surface area contributed by atoms with E-state index in [9.17, 15) is 4.79 Å². The summed E-state index contributed by atoms with van der Waals surface area (Å²) < 4.78 is 6.18. The molecule has 0 spiro atoms. The summed E-state index contributed by atoms with van der Waals surface area (Å²) in [6.07, 6.45) is 3.69. The Morgan fingerprint density at radius 1 is 1.50 bits per heavy atom. The Labute approximate surface area is 133 Å². The molecule has 4 nitrogen and oxygen atoms in total. The van der Waals surface area contributed by atoms with Crippen molar-refractivity contribution in [2.24, 2.45) is 5.73 Å². The summed E-state index contributed by atoms with van der Waals surface area (Å²) in [4.78, 5) is 11.6. The first-order chi connectivity index (χ1) is 10.4. The Hall–Kier alpha value is -1.55. The van der Waals surface area contributed by atoms with E-state index in [1.165, 1.54) is 0 Å². The molecule has 0 bridgehead atoms. The van der Waals surface area contributed by atoms with Crippen molar-refractivity contribution in [1.29, 1.82) is 0 Å². The Kier molecular flexibility index (Phi) is 5.12. The molecule has 0 saturated heterocycles. The molecule has 0 radical (unpaired) electrons. The van der Waals surface area contributed by atoms with Gasteiger partial charge in [-0.1, -0.05) is 26.3 Å². The molecule has 4 heteroatoms. The van der Waals surface area contributed by atoms with Gasteiger partial charge in [0.25, 0.3) is 0 Å². The molecular formula is C18H28N2O2. The summed E-state index contributed by atoms with van der Waals surface area (Å²) in [5, 5.41) is 3.07. The molecule has 122 valence electrons. The zero-order valence-corrected chi connectivity index (χ0v) is 14.1. The minimum absolute atomic E-state index is 0.0139. The van der Waals surface area contributed by atoms with Crippen LogP contribution in [-0.2, 0) is 4.79 Å². The highest BCUT2D eigenvalue weighted by Gasteiger charge is 2.36. The lowest BCUT2D eigenvalue weighted by Gasteiger charge is -2.40. The summed E-state index contributed by atoms with van der Waals surface area (Å²) in [5.41, 5.74) is 8.15. The molecule has 3 unspecified atom stereocenters. The van der Waals surface area contributed by atoms with E-state index in [2.05, 4.69) is 32.2 Å². The predicted octanol–water partition coefficient (Wildman–Crippen LogP) is 3.61. The zero-order valence-electron chi connectivity index (χ0n) is 14.1. The van der Waals surface area contributed by atoms with Gasteiger partial charge < -0.3 is 15.8 Å². The molecule has 0 fully saturated rings. The second-order valence-corrected chi connectivity index (χ2v) is 6.56. The predicted molar refractivity (Wildman–Crippen MR) is 88.8 cm³/mol. The Balaban J connectivity index is 2.37. The molecule has 1 aromatic carbocycles. The molecule has 22 heavy (non-hydrogen) atoms. The largest absolute Gasteiger partial charge is 0.487 e. The fourth-order valence-electron chi connectivity index (χ4n) is 3.08. The van der Waals surface area contributed by atoms with Crippen molar-refractivity contribution >= 4 is 5.91 Å². The molecule has 3 atom stereocenters. The van der Waals surface area contributed by atoms with Crippen molar-refractivity contribution in [3.05, 3.63) is 29.3 Å². The number of carbonyl (C=O) groups excluding carboxylic acids is 1. The van der Waals surface area contributed by atoms with Gasteiger partial charge in [0.1, 0.15) is 11.4 Å². The summed E-state index contributed by atoms with van der Waals surface area (Å²) in [6, 6.07) is 6.17. The fourth-order valence-corrected chi connectivity index (χ4v) is 3.08. The average molecular weight is 304 g/mol. The number of amides is 1. The Morgan fingerprint density at radius 2 is 2.23 bits per heavy atom. The maximum absolute atomic E-state index is 11.6. The van der Waals surface area contributed by atoms with Crippen LogP contribution in [0.3, 0.4) is 0 Å². The number of fused-ring (bicyclic) bond motifs is 1. The Morgan fingerprint density at radius 3 is 2.82 bits per heavy atom. The zero-order chi connectivity index (χ0) is 16.3. The van der Waals surface area contributed by atoms with Crippen molar-refractivity contribution in [2.75, 3.05) is 0 Å². The third-order valence-electron chi connectivity index (χ3n) is 4.55. The number of ether oxygens (including phenoxy) is 1. The third-order valence-corrected chi connectivity index (χ3v) is 4.55. The van der Waals surface area contributed by atoms with Gasteiger partial charge in [-0.15, -0.1) is 0 Å². The maximum Gasteiger partial charge on any atom is 0.217 e. The third kappa shape index (κ3) is 3.61. The molecular weight excluding hydrogens is 276 g/mol. The number of nitrogens with one attached hydrogen (secondary N) is 1. The maximum atomic E-state index is 11.6. The van der Waals surface area contributed by atoms with Crippen LogP contribution in [-0.4, -0.2) is 11.5 Å². The quantitative estimate of drug-likeness (QED) is 0.873. The van der Waals surface area contributed by atoms with E-state index in [0.29, 0.717) is 0 Å². The molecule has 1 aliphatic rings. The molecule has 1 aromatic rings. The van der Waals surface area contributed by atoms with Crippen LogP contribution in [0.5, 0.6) is 5.75 Å². The van der Waals surface area contributed by atoms with Crippen LogP contribution < -0.4 is 15.8 Å². The summed E-state index contributed by atoms with van der Waals surface area (Å²) >= 11 is 0. The number of rotatable bonds is 5. The van der Waals surface area contributed by atoms with Crippen molar-refractivity contribution in [3.63, 3.8) is 0 Å². The molecule has 1 aliphatic heterocycles. The van der Waals surface area contributed by atoms with Crippen LogP contribution in [0.15, 0.2) is 18.2 Å². The topological polar surface area (TPSA) is 64.3 Å². The fraction of sp³-hybridized carbons (Fsp3) is 0.611. The van der Waals surface area contributed by atoms with E-state index >= 15 is 0 Å². The lowest BCUT2D eigenvalue weighted by Crippen LogP contribution is -2.42. The van der Waals surface area contributed by atoms with E-state index in [1.54, 1.807) is 6.92 Å². The highest BCUT2D eigenvalue weighted by molar-refractivity contribution is 5.73. The van der Waals surface area contributed by atoms with Gasteiger partial charge in [0, 0.05) is 24.9 Å². The van der Waals surface area contributed by atoms with E-state index in [1.807, 2.05) is 12.1 Å². The second kappa shape index (κ2) is 6.69. The minimum atomic E-state index is -0.243. The van der Waals surface area contributed by atoms with Gasteiger partial charge in [0.15, 0.2) is 0 Å². The first kappa shape index (κ1) is 16.8. The summed E-state index contributed by atoms with van der Waals surface area (Å²) in [5.74, 6) is 0.848. The molecule has 0 aliphatic carbocycles. The second-order valence-electron chi connectivity index (χ2n) is 6.56. The number of hydrogen-bond acceptors (Lipinski definition) is 3. The molecule has 0 aromatic heterocycles. The van der Waals surface area contributed by atoms with Crippen molar-refractivity contribution < 1.29 is 9.53 Å². The Bertz CT molecular complexity index is 544. The van der Waals surface area contributed by atoms with Crippen molar-refractivity contribution in [3.8, 4) is 5.75 Å². The van der Waals surface area contributed by atoms with Crippen molar-refractivity contribution in [2.45, 2.75) is 71.1 Å². The molecule has 2 rings (SSSR count). The van der Waals surface area contributed by atoms with Crippen LogP contribution >= 0.6 is 0 Å². The first-order valence-corrected chi connectivity index (χ1v) is 8.24. The monoisotopic (exact) mass is 304 g/mol. The minimum Gasteiger partial charge on any atom is -0.487 e. The van der Waals surface area contributed by atoms with E-state index < -0.39 is 0 Å². The van der Waals surface area contributed by atoms with Gasteiger partial charge in [-0.05, 0) is 37.5 Å². The lowest BCUT2D eigenvalue weighted by molar-refractivity contribution is -0.120. The van der Waals surface area contributed by atoms with Crippen LogP contribution in [0.2, 0.25) is 0 Å². The van der Waals surface area contributed by atoms with Gasteiger partial charge in [0.05, 0.1) is 6.04 Å². The van der Waals surface area contributed by atoms with Gasteiger partial charge in [-0.3, -0.25) is 4.79 Å². The van der Waals surface area contributed by atoms with Crippen molar-refractivity contribution in [1.82, 2.24) is 5.32 Å². The molecule has 3 N–H and O–H groups in total. The first-order valence-electron chi connectivity index (χ1n) is 8.24. The van der Waals surface area contributed by atoms with Gasteiger partial charge in [0.2, 0.25) is 5.91 Å². The molecule has 0 saturated carbocycles. The number of benzene rings is 1. The number of nitrogens with two attached hydrogens (primary N) is 1. The van der Waals surface area contributed by atoms with Crippen LogP contribution in [0.25, 0.3) is 0 Å². The van der Waals surface area contributed by atoms with Gasteiger partial charge >= 0.3 is 0 Å². The highest BCUT2D eigenvalue weighted by Crippen LogP contribution is 2.42. The molecule has 1 heterocycles.